The predicted octanol–water partition coefficient (Wildman–Crippen LogP) is 4.35. The van der Waals surface area contributed by atoms with Crippen molar-refractivity contribution in [1.82, 2.24) is 10.3 Å². The van der Waals surface area contributed by atoms with Crippen molar-refractivity contribution in [3.8, 4) is 0 Å². The lowest BCUT2D eigenvalue weighted by Gasteiger charge is -2.21. The second-order valence-corrected chi connectivity index (χ2v) is 5.48. The van der Waals surface area contributed by atoms with Gasteiger partial charge in [0.2, 0.25) is 0 Å². The van der Waals surface area contributed by atoms with E-state index >= 15 is 0 Å². The molecule has 0 bridgehead atoms. The fraction of sp³-hybridized carbons (Fsp3) is 0.267. The van der Waals surface area contributed by atoms with Crippen LogP contribution >= 0.6 is 15.9 Å². The van der Waals surface area contributed by atoms with Gasteiger partial charge >= 0.3 is 0 Å². The van der Waals surface area contributed by atoms with Gasteiger partial charge in [-0.1, -0.05) is 22.9 Å². The zero-order valence-corrected chi connectivity index (χ0v) is 12.9. The van der Waals surface area contributed by atoms with Crippen LogP contribution in [-0.4, -0.2) is 11.5 Å². The lowest BCUT2D eigenvalue weighted by molar-refractivity contribution is 0.486. The van der Waals surface area contributed by atoms with Gasteiger partial charge in [-0.05, 0) is 31.2 Å². The van der Waals surface area contributed by atoms with Crippen LogP contribution in [0.25, 0.3) is 0 Å². The maximum atomic E-state index is 14.2. The van der Waals surface area contributed by atoms with E-state index < -0.39 is 23.5 Å². The van der Waals surface area contributed by atoms with E-state index in [4.69, 9.17) is 0 Å². The number of benzene rings is 1. The van der Waals surface area contributed by atoms with Gasteiger partial charge in [0, 0.05) is 21.8 Å². The summed E-state index contributed by atoms with van der Waals surface area (Å²) in [5.74, 6) is -2.06. The van der Waals surface area contributed by atoms with Crippen LogP contribution in [0.4, 0.5) is 13.2 Å². The van der Waals surface area contributed by atoms with Crippen molar-refractivity contribution in [3.63, 3.8) is 0 Å². The maximum Gasteiger partial charge on any atom is 0.146 e. The van der Waals surface area contributed by atoms with E-state index in [0.717, 1.165) is 24.8 Å². The van der Waals surface area contributed by atoms with E-state index in [0.29, 0.717) is 11.0 Å². The van der Waals surface area contributed by atoms with E-state index in [1.165, 1.54) is 12.3 Å². The third-order valence-corrected chi connectivity index (χ3v) is 3.50. The molecule has 1 atom stereocenters. The Hall–Kier alpha value is -1.40. The lowest BCUT2D eigenvalue weighted by Crippen LogP contribution is -2.26. The Morgan fingerprint density at radius 3 is 2.43 bits per heavy atom. The number of hydrogen-bond donors (Lipinski definition) is 1. The number of aromatic nitrogens is 1. The molecule has 0 saturated heterocycles. The molecule has 0 saturated carbocycles. The Morgan fingerprint density at radius 2 is 1.86 bits per heavy atom. The largest absolute Gasteiger partial charge is 0.306 e. The molecule has 0 spiro atoms. The predicted molar refractivity (Wildman–Crippen MR) is 78.4 cm³/mol. The summed E-state index contributed by atoms with van der Waals surface area (Å²) >= 11 is 3.04. The molecule has 2 nitrogen and oxygen atoms in total. The van der Waals surface area contributed by atoms with E-state index in [-0.39, 0.29) is 11.1 Å². The minimum Gasteiger partial charge on any atom is -0.306 e. The Labute approximate surface area is 129 Å². The molecule has 2 rings (SSSR count). The van der Waals surface area contributed by atoms with Gasteiger partial charge in [-0.2, -0.15) is 0 Å². The minimum absolute atomic E-state index is 0.165. The molecule has 0 fully saturated rings. The lowest BCUT2D eigenvalue weighted by atomic mass is 9.98. The molecule has 2 aromatic rings. The molecule has 21 heavy (non-hydrogen) atoms. The number of halogens is 4. The molecule has 1 aromatic carbocycles. The molecule has 0 aliphatic heterocycles. The topological polar surface area (TPSA) is 24.9 Å². The molecule has 1 unspecified atom stereocenters. The number of nitrogens with zero attached hydrogens (tertiary/aromatic N) is 1. The highest BCUT2D eigenvalue weighted by atomic mass is 79.9. The molecule has 1 aromatic heterocycles. The van der Waals surface area contributed by atoms with Gasteiger partial charge in [0.1, 0.15) is 17.5 Å². The first-order valence-electron chi connectivity index (χ1n) is 6.51. The van der Waals surface area contributed by atoms with Crippen molar-refractivity contribution < 1.29 is 13.2 Å². The molecule has 6 heteroatoms. The molecular weight excluding hydrogens is 345 g/mol. The summed E-state index contributed by atoms with van der Waals surface area (Å²) in [5.41, 5.74) is -0.0321. The van der Waals surface area contributed by atoms with Crippen molar-refractivity contribution in [2.24, 2.45) is 0 Å². The Balaban J connectivity index is 2.54. The molecule has 0 aliphatic carbocycles. The third kappa shape index (κ3) is 3.63. The number of rotatable bonds is 5. The van der Waals surface area contributed by atoms with Crippen molar-refractivity contribution >= 4 is 15.9 Å². The number of nitrogens with one attached hydrogen (secondary N) is 1. The fourth-order valence-electron chi connectivity index (χ4n) is 2.11. The molecule has 0 radical (unpaired) electrons. The first kappa shape index (κ1) is 16.0. The zero-order chi connectivity index (χ0) is 15.4. The fourth-order valence-corrected chi connectivity index (χ4v) is 2.51. The van der Waals surface area contributed by atoms with Crippen LogP contribution in [0, 0.1) is 17.5 Å². The first-order valence-corrected chi connectivity index (χ1v) is 7.31. The molecular formula is C15H14BrF3N2. The van der Waals surface area contributed by atoms with E-state index in [9.17, 15) is 13.2 Å². The molecule has 0 aliphatic rings. The Morgan fingerprint density at radius 1 is 1.19 bits per heavy atom. The smallest absolute Gasteiger partial charge is 0.146 e. The maximum absolute atomic E-state index is 14.2. The van der Waals surface area contributed by atoms with Gasteiger partial charge in [0.15, 0.2) is 0 Å². The average Bonchev–Trinajstić information content (AvgIpc) is 2.42. The highest BCUT2D eigenvalue weighted by Crippen LogP contribution is 2.30. The van der Waals surface area contributed by atoms with Crippen molar-refractivity contribution in [1.29, 1.82) is 0 Å². The van der Waals surface area contributed by atoms with Crippen LogP contribution in [0.5, 0.6) is 0 Å². The van der Waals surface area contributed by atoms with Crippen LogP contribution < -0.4 is 5.32 Å². The van der Waals surface area contributed by atoms with Crippen molar-refractivity contribution in [2.45, 2.75) is 19.4 Å². The summed E-state index contributed by atoms with van der Waals surface area (Å²) in [6, 6.07) is 2.85. The summed E-state index contributed by atoms with van der Waals surface area (Å²) in [7, 11) is 0. The van der Waals surface area contributed by atoms with Crippen LogP contribution in [0.2, 0.25) is 0 Å². The third-order valence-electron chi connectivity index (χ3n) is 3.05. The molecule has 0 amide bonds. The zero-order valence-electron chi connectivity index (χ0n) is 11.3. The van der Waals surface area contributed by atoms with Crippen LogP contribution in [0.3, 0.4) is 0 Å². The van der Waals surface area contributed by atoms with Gasteiger partial charge in [-0.3, -0.25) is 4.98 Å². The molecule has 112 valence electrons. The highest BCUT2D eigenvalue weighted by Gasteiger charge is 2.24. The standard InChI is InChI=1S/C15H14BrF3N2/c1-2-4-21-15(10-3-5-20-8-13(10)19)14-11(17)6-9(16)7-12(14)18/h3,5-8,15,21H,2,4H2,1H3. The van der Waals surface area contributed by atoms with Crippen molar-refractivity contribution in [3.05, 3.63) is 63.6 Å². The minimum atomic E-state index is -0.902. The summed E-state index contributed by atoms with van der Waals surface area (Å²) in [5, 5.41) is 2.98. The van der Waals surface area contributed by atoms with Crippen LogP contribution in [0.15, 0.2) is 35.1 Å². The Bertz CT molecular complexity index is 611. The number of pyridine rings is 1. The second-order valence-electron chi connectivity index (χ2n) is 4.57. The average molecular weight is 359 g/mol. The van der Waals surface area contributed by atoms with E-state index in [1.54, 1.807) is 0 Å². The first-order chi connectivity index (χ1) is 10.0. The summed E-state index contributed by atoms with van der Waals surface area (Å²) < 4.78 is 42.6. The molecule has 1 heterocycles. The SMILES string of the molecule is CCCNC(c1ccncc1F)c1c(F)cc(Br)cc1F. The Kier molecular flexibility index (Phi) is 5.36. The molecule has 1 N–H and O–H groups in total. The van der Waals surface area contributed by atoms with Gasteiger partial charge in [-0.25, -0.2) is 13.2 Å². The van der Waals surface area contributed by atoms with E-state index in [1.807, 2.05) is 6.92 Å². The van der Waals surface area contributed by atoms with Crippen LogP contribution in [0.1, 0.15) is 30.5 Å². The van der Waals surface area contributed by atoms with Gasteiger partial charge in [0.25, 0.3) is 0 Å². The van der Waals surface area contributed by atoms with Crippen molar-refractivity contribution in [2.75, 3.05) is 6.54 Å². The monoisotopic (exact) mass is 358 g/mol. The quantitative estimate of drug-likeness (QED) is 0.859. The van der Waals surface area contributed by atoms with Crippen LogP contribution in [-0.2, 0) is 0 Å². The summed E-state index contributed by atoms with van der Waals surface area (Å²) in [6.07, 6.45) is 3.18. The second kappa shape index (κ2) is 7.04. The van der Waals surface area contributed by atoms with E-state index in [2.05, 4.69) is 26.2 Å². The normalized spacial score (nSPS) is 12.4. The van der Waals surface area contributed by atoms with Gasteiger partial charge in [-0.15, -0.1) is 0 Å². The summed E-state index contributed by atoms with van der Waals surface area (Å²) in [4.78, 5) is 3.66. The van der Waals surface area contributed by atoms with Gasteiger partial charge in [0.05, 0.1) is 12.2 Å². The highest BCUT2D eigenvalue weighted by molar-refractivity contribution is 9.10. The number of hydrogen-bond acceptors (Lipinski definition) is 2. The summed E-state index contributed by atoms with van der Waals surface area (Å²) in [6.45, 7) is 2.42. The van der Waals surface area contributed by atoms with Gasteiger partial charge < -0.3 is 5.32 Å².